The maximum absolute atomic E-state index is 4.87. The largest absolute Gasteiger partial charge is 0.309 e. The molecule has 1 aliphatic rings. The van der Waals surface area contributed by atoms with E-state index in [0.717, 1.165) is 18.5 Å². The molecular formula is C40H31N3. The molecule has 4 heterocycles. The average molecular weight is 554 g/mol. The Morgan fingerprint density at radius 3 is 2.16 bits per heavy atom. The molecule has 0 fully saturated rings. The SMILES string of the molecule is Cc1ccc2c(c1)C(C)(CCc1ccccc1-n1c3ccccc3c3cccnc31)c1cccc3c4ccccc4n-2c13. The summed E-state index contributed by atoms with van der Waals surface area (Å²) in [7, 11) is 0. The number of para-hydroxylation sites is 4. The molecule has 43 heavy (non-hydrogen) atoms. The highest BCUT2D eigenvalue weighted by Gasteiger charge is 2.38. The molecule has 3 nitrogen and oxygen atoms in total. The molecule has 8 aromatic rings. The van der Waals surface area contributed by atoms with Crippen LogP contribution in [0.3, 0.4) is 0 Å². The Bertz CT molecular complexity index is 2330. The van der Waals surface area contributed by atoms with E-state index in [1.807, 2.05) is 12.3 Å². The Balaban J connectivity index is 1.24. The highest BCUT2D eigenvalue weighted by atomic mass is 15.0. The molecule has 5 aromatic carbocycles. The van der Waals surface area contributed by atoms with E-state index in [0.29, 0.717) is 0 Å². The number of aryl methyl sites for hydroxylation is 2. The van der Waals surface area contributed by atoms with Gasteiger partial charge in [-0.25, -0.2) is 4.98 Å². The lowest BCUT2D eigenvalue weighted by Gasteiger charge is -2.38. The van der Waals surface area contributed by atoms with Gasteiger partial charge in [-0.05, 0) is 72.9 Å². The van der Waals surface area contributed by atoms with Crippen molar-refractivity contribution in [1.29, 1.82) is 0 Å². The summed E-state index contributed by atoms with van der Waals surface area (Å²) in [5, 5.41) is 5.08. The van der Waals surface area contributed by atoms with Crippen molar-refractivity contribution in [2.45, 2.75) is 32.1 Å². The van der Waals surface area contributed by atoms with E-state index < -0.39 is 0 Å². The first kappa shape index (κ1) is 24.4. The van der Waals surface area contributed by atoms with E-state index in [4.69, 9.17) is 4.98 Å². The van der Waals surface area contributed by atoms with E-state index in [9.17, 15) is 0 Å². The van der Waals surface area contributed by atoms with Gasteiger partial charge in [-0.15, -0.1) is 0 Å². The molecule has 0 radical (unpaired) electrons. The lowest BCUT2D eigenvalue weighted by Crippen LogP contribution is -2.30. The molecule has 0 bridgehead atoms. The molecule has 0 amide bonds. The Labute approximate surface area is 250 Å². The minimum absolute atomic E-state index is 0.155. The van der Waals surface area contributed by atoms with Gasteiger partial charge in [-0.1, -0.05) is 97.4 Å². The summed E-state index contributed by atoms with van der Waals surface area (Å²) in [5.41, 5.74) is 12.7. The number of nitrogens with zero attached hydrogens (tertiary/aromatic N) is 3. The molecule has 0 spiro atoms. The second-order valence-electron chi connectivity index (χ2n) is 12.3. The van der Waals surface area contributed by atoms with Crippen LogP contribution in [-0.4, -0.2) is 14.1 Å². The fraction of sp³-hybridized carbons (Fsp3) is 0.125. The fourth-order valence-corrected chi connectivity index (χ4v) is 7.78. The lowest BCUT2D eigenvalue weighted by atomic mass is 9.69. The van der Waals surface area contributed by atoms with Crippen molar-refractivity contribution in [3.8, 4) is 11.4 Å². The number of rotatable bonds is 4. The van der Waals surface area contributed by atoms with E-state index in [1.165, 1.54) is 71.7 Å². The summed E-state index contributed by atoms with van der Waals surface area (Å²) < 4.78 is 4.87. The van der Waals surface area contributed by atoms with Gasteiger partial charge in [0.25, 0.3) is 0 Å². The molecule has 206 valence electrons. The lowest BCUT2D eigenvalue weighted by molar-refractivity contribution is 0.514. The normalized spacial score (nSPS) is 16.0. The van der Waals surface area contributed by atoms with Gasteiger partial charge in [0.2, 0.25) is 0 Å². The van der Waals surface area contributed by atoms with Crippen molar-refractivity contribution < 1.29 is 0 Å². The molecule has 9 rings (SSSR count). The summed E-state index contributed by atoms with van der Waals surface area (Å²) in [6, 6.07) is 44.6. The maximum atomic E-state index is 4.87. The van der Waals surface area contributed by atoms with Gasteiger partial charge < -0.3 is 4.57 Å². The minimum Gasteiger partial charge on any atom is -0.309 e. The quantitative estimate of drug-likeness (QED) is 0.213. The number of hydrogen-bond donors (Lipinski definition) is 0. The van der Waals surface area contributed by atoms with Crippen LogP contribution in [0.5, 0.6) is 0 Å². The summed E-state index contributed by atoms with van der Waals surface area (Å²) in [6.07, 6.45) is 3.84. The van der Waals surface area contributed by atoms with Gasteiger partial charge in [0.1, 0.15) is 5.65 Å². The van der Waals surface area contributed by atoms with Crippen LogP contribution in [0.2, 0.25) is 0 Å². The van der Waals surface area contributed by atoms with Crippen LogP contribution in [-0.2, 0) is 11.8 Å². The van der Waals surface area contributed by atoms with Crippen molar-refractivity contribution in [2.24, 2.45) is 0 Å². The summed E-state index contributed by atoms with van der Waals surface area (Å²) in [4.78, 5) is 4.87. The first-order chi connectivity index (χ1) is 21.1. The Hall–Kier alpha value is -5.15. The molecule has 1 unspecified atom stereocenters. The molecule has 0 saturated carbocycles. The Kier molecular flexibility index (Phi) is 5.07. The first-order valence-corrected chi connectivity index (χ1v) is 15.2. The van der Waals surface area contributed by atoms with Gasteiger partial charge in [0.05, 0.1) is 27.9 Å². The van der Waals surface area contributed by atoms with Crippen molar-refractivity contribution in [3.63, 3.8) is 0 Å². The molecule has 3 aromatic heterocycles. The van der Waals surface area contributed by atoms with Crippen molar-refractivity contribution in [3.05, 3.63) is 150 Å². The van der Waals surface area contributed by atoms with Gasteiger partial charge in [-0.3, -0.25) is 4.57 Å². The monoisotopic (exact) mass is 553 g/mol. The number of hydrogen-bond acceptors (Lipinski definition) is 1. The van der Waals surface area contributed by atoms with Crippen LogP contribution in [0, 0.1) is 6.92 Å². The number of pyridine rings is 1. The van der Waals surface area contributed by atoms with Crippen LogP contribution >= 0.6 is 0 Å². The first-order valence-electron chi connectivity index (χ1n) is 15.2. The zero-order valence-electron chi connectivity index (χ0n) is 24.4. The van der Waals surface area contributed by atoms with E-state index in [1.54, 1.807) is 0 Å². The van der Waals surface area contributed by atoms with Gasteiger partial charge in [0, 0.05) is 33.2 Å². The van der Waals surface area contributed by atoms with Gasteiger partial charge in [0.15, 0.2) is 0 Å². The maximum Gasteiger partial charge on any atom is 0.145 e. The molecule has 0 N–H and O–H groups in total. The van der Waals surface area contributed by atoms with Gasteiger partial charge in [-0.2, -0.15) is 0 Å². The second-order valence-corrected chi connectivity index (χ2v) is 12.3. The van der Waals surface area contributed by atoms with E-state index >= 15 is 0 Å². The van der Waals surface area contributed by atoms with Crippen molar-refractivity contribution >= 4 is 43.7 Å². The standard InChI is InChI=1S/C40H31N3/c1-26-20-21-37-33(25-26)40(2,32-16-9-14-30-28-12-4-7-18-35(28)42(37)38(30)32)23-22-27-11-3-6-17-34(27)43-36-19-8-5-13-29(36)31-15-10-24-41-39(31)43/h3-21,24-25H,22-23H2,1-2H3. The second kappa shape index (κ2) is 8.92. The molecule has 0 saturated heterocycles. The van der Waals surface area contributed by atoms with Crippen LogP contribution in [0.1, 0.15) is 35.6 Å². The zero-order valence-corrected chi connectivity index (χ0v) is 24.4. The number of aromatic nitrogens is 3. The molecule has 0 aliphatic carbocycles. The Morgan fingerprint density at radius 1 is 0.605 bits per heavy atom. The smallest absolute Gasteiger partial charge is 0.145 e. The summed E-state index contributed by atoms with van der Waals surface area (Å²) >= 11 is 0. The van der Waals surface area contributed by atoms with Crippen molar-refractivity contribution in [2.75, 3.05) is 0 Å². The van der Waals surface area contributed by atoms with Crippen LogP contribution in [0.4, 0.5) is 0 Å². The molecule has 1 aliphatic heterocycles. The zero-order chi connectivity index (χ0) is 28.7. The summed E-state index contributed by atoms with van der Waals surface area (Å²) in [6.45, 7) is 4.68. The molecule has 1 atom stereocenters. The third-order valence-electron chi connectivity index (χ3n) is 9.84. The van der Waals surface area contributed by atoms with E-state index in [2.05, 4.69) is 138 Å². The topological polar surface area (TPSA) is 22.8 Å². The Morgan fingerprint density at radius 2 is 1.30 bits per heavy atom. The number of benzene rings is 5. The predicted octanol–water partition coefficient (Wildman–Crippen LogP) is 9.84. The predicted molar refractivity (Wildman–Crippen MR) is 179 cm³/mol. The van der Waals surface area contributed by atoms with E-state index in [-0.39, 0.29) is 5.41 Å². The third-order valence-corrected chi connectivity index (χ3v) is 9.84. The van der Waals surface area contributed by atoms with Crippen molar-refractivity contribution in [1.82, 2.24) is 14.1 Å². The molecule has 3 heteroatoms. The highest BCUT2D eigenvalue weighted by molar-refractivity contribution is 6.11. The molecular weight excluding hydrogens is 522 g/mol. The highest BCUT2D eigenvalue weighted by Crippen LogP contribution is 2.50. The third kappa shape index (κ3) is 3.33. The summed E-state index contributed by atoms with van der Waals surface area (Å²) in [5.74, 6) is 0. The van der Waals surface area contributed by atoms with Crippen LogP contribution in [0.15, 0.2) is 128 Å². The fourth-order valence-electron chi connectivity index (χ4n) is 7.78. The average Bonchev–Trinajstić information content (AvgIpc) is 3.57. The van der Waals surface area contributed by atoms with Crippen LogP contribution in [0.25, 0.3) is 55.1 Å². The number of fused-ring (bicyclic) bond motifs is 8. The van der Waals surface area contributed by atoms with Gasteiger partial charge >= 0.3 is 0 Å². The van der Waals surface area contributed by atoms with Crippen LogP contribution < -0.4 is 0 Å². The minimum atomic E-state index is -0.155.